The number of carbonyl (C=O) groups excluding carboxylic acids is 1. The van der Waals surface area contributed by atoms with Crippen molar-refractivity contribution in [2.75, 3.05) is 13.7 Å². The van der Waals surface area contributed by atoms with Gasteiger partial charge in [0.15, 0.2) is 0 Å². The maximum absolute atomic E-state index is 11.9. The first-order chi connectivity index (χ1) is 10.2. The lowest BCUT2D eigenvalue weighted by Gasteiger charge is -2.16. The largest absolute Gasteiger partial charge is 0.508 e. The van der Waals surface area contributed by atoms with Crippen LogP contribution in [0.4, 0.5) is 0 Å². The number of methoxy groups -OCH3 is 1. The maximum atomic E-state index is 11.9. The van der Waals surface area contributed by atoms with Crippen molar-refractivity contribution >= 4 is 5.97 Å². The van der Waals surface area contributed by atoms with Crippen LogP contribution in [0.1, 0.15) is 17.0 Å². The molecular weight excluding hydrogens is 266 g/mol. The van der Waals surface area contributed by atoms with Gasteiger partial charge in [-0.2, -0.15) is 0 Å². The van der Waals surface area contributed by atoms with E-state index in [2.05, 4.69) is 5.32 Å². The molecule has 0 heterocycles. The number of benzene rings is 2. The van der Waals surface area contributed by atoms with Crippen LogP contribution in [0.15, 0.2) is 54.6 Å². The number of hydrogen-bond donors (Lipinski definition) is 2. The van der Waals surface area contributed by atoms with E-state index in [0.717, 1.165) is 11.1 Å². The topological polar surface area (TPSA) is 58.6 Å². The van der Waals surface area contributed by atoms with Gasteiger partial charge in [0.05, 0.1) is 13.0 Å². The second-order valence-corrected chi connectivity index (χ2v) is 4.78. The van der Waals surface area contributed by atoms with Crippen molar-refractivity contribution in [3.8, 4) is 5.75 Å². The normalized spacial score (nSPS) is 11.9. The van der Waals surface area contributed by atoms with Crippen LogP contribution in [0.2, 0.25) is 0 Å². The predicted octanol–water partition coefficient (Wildman–Crippen LogP) is 2.44. The summed E-state index contributed by atoms with van der Waals surface area (Å²) >= 11 is 0. The quantitative estimate of drug-likeness (QED) is 0.800. The van der Waals surface area contributed by atoms with Gasteiger partial charge in [-0.25, -0.2) is 0 Å². The second-order valence-electron chi connectivity index (χ2n) is 4.78. The number of aromatic hydroxyl groups is 1. The lowest BCUT2D eigenvalue weighted by Crippen LogP contribution is -2.27. The van der Waals surface area contributed by atoms with E-state index in [9.17, 15) is 9.90 Å². The third-order valence-electron chi connectivity index (χ3n) is 3.30. The minimum atomic E-state index is -0.326. The number of carbonyl (C=O) groups is 1. The minimum absolute atomic E-state index is 0.246. The zero-order valence-corrected chi connectivity index (χ0v) is 12.0. The fourth-order valence-corrected chi connectivity index (χ4v) is 2.14. The third kappa shape index (κ3) is 4.33. The van der Waals surface area contributed by atoms with Gasteiger partial charge in [-0.05, 0) is 23.3 Å². The number of hydrogen-bond acceptors (Lipinski definition) is 4. The summed E-state index contributed by atoms with van der Waals surface area (Å²) in [6, 6.07) is 16.6. The molecule has 2 rings (SSSR count). The van der Waals surface area contributed by atoms with E-state index in [0.29, 0.717) is 13.1 Å². The van der Waals surface area contributed by atoms with E-state index in [1.165, 1.54) is 7.11 Å². The summed E-state index contributed by atoms with van der Waals surface area (Å²) in [4.78, 5) is 11.9. The summed E-state index contributed by atoms with van der Waals surface area (Å²) in [5.41, 5.74) is 1.98. The van der Waals surface area contributed by atoms with Gasteiger partial charge in [0, 0.05) is 13.1 Å². The Morgan fingerprint density at radius 3 is 2.43 bits per heavy atom. The summed E-state index contributed by atoms with van der Waals surface area (Å²) in [5.74, 6) is -0.330. The van der Waals surface area contributed by atoms with Gasteiger partial charge in [-0.3, -0.25) is 4.79 Å². The third-order valence-corrected chi connectivity index (χ3v) is 3.30. The highest BCUT2D eigenvalue weighted by molar-refractivity contribution is 5.78. The molecule has 0 spiro atoms. The van der Waals surface area contributed by atoms with E-state index < -0.39 is 0 Å². The van der Waals surface area contributed by atoms with Gasteiger partial charge in [-0.1, -0.05) is 42.5 Å². The molecule has 0 saturated heterocycles. The first kappa shape index (κ1) is 15.1. The van der Waals surface area contributed by atoms with Crippen molar-refractivity contribution in [2.45, 2.75) is 12.5 Å². The van der Waals surface area contributed by atoms with E-state index in [1.54, 1.807) is 12.1 Å². The zero-order valence-electron chi connectivity index (χ0n) is 12.0. The standard InChI is InChI=1S/C17H19NO3/c1-21-17(20)16(14-5-3-2-4-6-14)12-18-11-13-7-9-15(19)10-8-13/h2-10,16,18-19H,11-12H2,1H3. The summed E-state index contributed by atoms with van der Waals surface area (Å²) in [6.45, 7) is 1.12. The Kier molecular flexibility index (Phi) is 5.35. The van der Waals surface area contributed by atoms with Crippen LogP contribution in [0.25, 0.3) is 0 Å². The molecule has 4 nitrogen and oxygen atoms in total. The molecule has 1 unspecified atom stereocenters. The van der Waals surface area contributed by atoms with Crippen molar-refractivity contribution < 1.29 is 14.6 Å². The van der Waals surface area contributed by atoms with Gasteiger partial charge < -0.3 is 15.2 Å². The van der Waals surface area contributed by atoms with E-state index >= 15 is 0 Å². The second kappa shape index (κ2) is 7.45. The molecule has 0 radical (unpaired) electrons. The molecule has 2 aromatic rings. The Hall–Kier alpha value is -2.33. The molecule has 1 atom stereocenters. The molecule has 0 fully saturated rings. The summed E-state index contributed by atoms with van der Waals surface area (Å²) in [6.07, 6.45) is 0. The van der Waals surface area contributed by atoms with Crippen LogP contribution < -0.4 is 5.32 Å². The Morgan fingerprint density at radius 2 is 1.81 bits per heavy atom. The molecule has 0 bridgehead atoms. The molecule has 0 aliphatic heterocycles. The van der Waals surface area contributed by atoms with Gasteiger partial charge in [-0.15, -0.1) is 0 Å². The van der Waals surface area contributed by atoms with Crippen molar-refractivity contribution in [3.63, 3.8) is 0 Å². The molecule has 21 heavy (non-hydrogen) atoms. The SMILES string of the molecule is COC(=O)C(CNCc1ccc(O)cc1)c1ccccc1. The molecule has 0 aliphatic carbocycles. The van der Waals surface area contributed by atoms with Crippen LogP contribution in [0.3, 0.4) is 0 Å². The fourth-order valence-electron chi connectivity index (χ4n) is 2.14. The lowest BCUT2D eigenvalue weighted by molar-refractivity contribution is -0.142. The molecule has 0 amide bonds. The first-order valence-electron chi connectivity index (χ1n) is 6.82. The molecule has 0 aliphatic rings. The molecule has 4 heteroatoms. The highest BCUT2D eigenvalue weighted by Gasteiger charge is 2.20. The van der Waals surface area contributed by atoms with Crippen LogP contribution in [0.5, 0.6) is 5.75 Å². The molecule has 0 aromatic heterocycles. The van der Waals surface area contributed by atoms with Crippen molar-refractivity contribution in [2.24, 2.45) is 0 Å². The number of phenols is 1. The van der Waals surface area contributed by atoms with Gasteiger partial charge in [0.25, 0.3) is 0 Å². The van der Waals surface area contributed by atoms with E-state index in [-0.39, 0.29) is 17.6 Å². The molecule has 0 saturated carbocycles. The monoisotopic (exact) mass is 285 g/mol. The molecule has 2 N–H and O–H groups in total. The number of nitrogens with one attached hydrogen (secondary N) is 1. The Balaban J connectivity index is 1.96. The molecule has 110 valence electrons. The number of phenolic OH excluding ortho intramolecular Hbond substituents is 1. The predicted molar refractivity (Wildman–Crippen MR) is 81.0 cm³/mol. The Bertz CT molecular complexity index is 566. The average Bonchev–Trinajstić information content (AvgIpc) is 2.53. The molecule has 2 aromatic carbocycles. The van der Waals surface area contributed by atoms with Crippen LogP contribution in [0, 0.1) is 0 Å². The van der Waals surface area contributed by atoms with E-state index in [1.807, 2.05) is 42.5 Å². The van der Waals surface area contributed by atoms with Crippen LogP contribution >= 0.6 is 0 Å². The highest BCUT2D eigenvalue weighted by Crippen LogP contribution is 2.16. The number of esters is 1. The summed E-state index contributed by atoms with van der Waals surface area (Å²) < 4.78 is 4.87. The van der Waals surface area contributed by atoms with Crippen LogP contribution in [-0.4, -0.2) is 24.7 Å². The zero-order chi connectivity index (χ0) is 15.1. The van der Waals surface area contributed by atoms with E-state index in [4.69, 9.17) is 4.74 Å². The Morgan fingerprint density at radius 1 is 1.14 bits per heavy atom. The number of ether oxygens (including phenoxy) is 1. The summed E-state index contributed by atoms with van der Waals surface area (Å²) in [5, 5.41) is 12.5. The Labute approximate surface area is 124 Å². The average molecular weight is 285 g/mol. The van der Waals surface area contributed by atoms with Crippen molar-refractivity contribution in [3.05, 3.63) is 65.7 Å². The fraction of sp³-hybridized carbons (Fsp3) is 0.235. The van der Waals surface area contributed by atoms with Gasteiger partial charge in [0.1, 0.15) is 5.75 Å². The van der Waals surface area contributed by atoms with Crippen molar-refractivity contribution in [1.29, 1.82) is 0 Å². The molecular formula is C17H19NO3. The van der Waals surface area contributed by atoms with Crippen molar-refractivity contribution in [1.82, 2.24) is 5.32 Å². The highest BCUT2D eigenvalue weighted by atomic mass is 16.5. The smallest absolute Gasteiger partial charge is 0.314 e. The lowest BCUT2D eigenvalue weighted by atomic mass is 9.99. The van der Waals surface area contributed by atoms with Gasteiger partial charge >= 0.3 is 5.97 Å². The minimum Gasteiger partial charge on any atom is -0.508 e. The summed E-state index contributed by atoms with van der Waals surface area (Å²) in [7, 11) is 1.40. The van der Waals surface area contributed by atoms with Gasteiger partial charge in [0.2, 0.25) is 0 Å². The number of rotatable bonds is 6. The van der Waals surface area contributed by atoms with Crippen LogP contribution in [-0.2, 0) is 16.1 Å². The first-order valence-corrected chi connectivity index (χ1v) is 6.82. The maximum Gasteiger partial charge on any atom is 0.314 e.